The third-order valence-corrected chi connectivity index (χ3v) is 6.60. The van der Waals surface area contributed by atoms with E-state index in [1.54, 1.807) is 36.5 Å². The minimum atomic E-state index is -3.98. The van der Waals surface area contributed by atoms with E-state index in [0.717, 1.165) is 33.2 Å². The van der Waals surface area contributed by atoms with Crippen LogP contribution in [0, 0.1) is 20.8 Å². The van der Waals surface area contributed by atoms with Crippen LogP contribution >= 0.6 is 0 Å². The highest BCUT2D eigenvalue weighted by molar-refractivity contribution is 7.87. The third-order valence-electron chi connectivity index (χ3n) is 5.35. The number of rotatable bonds is 5. The van der Waals surface area contributed by atoms with E-state index in [4.69, 9.17) is 4.18 Å². The number of benzene rings is 4. The highest BCUT2D eigenvalue weighted by Gasteiger charge is 2.19. The lowest BCUT2D eigenvalue weighted by Crippen LogP contribution is -2.11. The van der Waals surface area contributed by atoms with Crippen molar-refractivity contribution in [2.75, 3.05) is 0 Å². The lowest BCUT2D eigenvalue weighted by molar-refractivity contribution is 0.486. The minimum Gasteiger partial charge on any atom is -0.378 e. The van der Waals surface area contributed by atoms with Crippen LogP contribution in [-0.2, 0) is 10.1 Å². The van der Waals surface area contributed by atoms with Gasteiger partial charge in [-0.15, -0.1) is 0 Å². The third kappa shape index (κ3) is 4.37. The van der Waals surface area contributed by atoms with E-state index < -0.39 is 10.1 Å². The zero-order valence-corrected chi connectivity index (χ0v) is 18.5. The zero-order valence-electron chi connectivity index (χ0n) is 17.7. The molecule has 0 saturated heterocycles. The molecule has 0 N–H and O–H groups in total. The van der Waals surface area contributed by atoms with Crippen molar-refractivity contribution in [1.82, 2.24) is 0 Å². The molecule has 0 bridgehead atoms. The molecule has 0 amide bonds. The SMILES string of the molecule is Cc1ccc(S(=O)(=O)Oc2ccc3ccccc3c2C=Nc2cccc(C)c2C)cc1. The first-order valence-electron chi connectivity index (χ1n) is 9.98. The lowest BCUT2D eigenvalue weighted by atomic mass is 10.0. The molecule has 4 nitrogen and oxygen atoms in total. The van der Waals surface area contributed by atoms with E-state index in [1.807, 2.05) is 69.3 Å². The lowest BCUT2D eigenvalue weighted by Gasteiger charge is -2.12. The fraction of sp³-hybridized carbons (Fsp3) is 0.115. The highest BCUT2D eigenvalue weighted by atomic mass is 32.2. The van der Waals surface area contributed by atoms with E-state index in [9.17, 15) is 8.42 Å². The van der Waals surface area contributed by atoms with Crippen LogP contribution in [0.1, 0.15) is 22.3 Å². The van der Waals surface area contributed by atoms with Gasteiger partial charge in [0.2, 0.25) is 0 Å². The molecule has 5 heteroatoms. The first kappa shape index (κ1) is 20.8. The summed E-state index contributed by atoms with van der Waals surface area (Å²) in [5, 5.41) is 1.85. The average molecular weight is 430 g/mol. The smallest absolute Gasteiger partial charge is 0.339 e. The Bertz CT molecular complexity index is 1390. The van der Waals surface area contributed by atoms with Gasteiger partial charge in [0.15, 0.2) is 5.75 Å². The van der Waals surface area contributed by atoms with Crippen LogP contribution in [-0.4, -0.2) is 14.6 Å². The number of nitrogens with zero attached hydrogens (tertiary/aromatic N) is 1. The number of aryl methyl sites for hydroxylation is 2. The molecule has 0 atom stereocenters. The van der Waals surface area contributed by atoms with Gasteiger partial charge in [0.25, 0.3) is 0 Å². The monoisotopic (exact) mass is 429 g/mol. The first-order chi connectivity index (χ1) is 14.8. The summed E-state index contributed by atoms with van der Waals surface area (Å²) in [6.07, 6.45) is 1.68. The molecule has 0 aliphatic rings. The van der Waals surface area contributed by atoms with Gasteiger partial charge in [-0.25, -0.2) is 0 Å². The van der Waals surface area contributed by atoms with Crippen LogP contribution in [0.5, 0.6) is 5.75 Å². The van der Waals surface area contributed by atoms with Gasteiger partial charge in [0.05, 0.1) is 5.69 Å². The predicted octanol–water partition coefficient (Wildman–Crippen LogP) is 6.28. The molecule has 4 rings (SSSR count). The molecule has 0 aromatic heterocycles. The topological polar surface area (TPSA) is 55.7 Å². The van der Waals surface area contributed by atoms with Gasteiger partial charge in [-0.05, 0) is 66.9 Å². The average Bonchev–Trinajstić information content (AvgIpc) is 2.75. The van der Waals surface area contributed by atoms with Crippen molar-refractivity contribution >= 4 is 32.8 Å². The molecule has 0 aliphatic heterocycles. The second-order valence-corrected chi connectivity index (χ2v) is 9.07. The minimum absolute atomic E-state index is 0.115. The normalized spacial score (nSPS) is 11.8. The van der Waals surface area contributed by atoms with E-state index in [2.05, 4.69) is 4.99 Å². The number of fused-ring (bicyclic) bond motifs is 1. The Balaban J connectivity index is 1.81. The van der Waals surface area contributed by atoms with E-state index >= 15 is 0 Å². The molecule has 0 saturated carbocycles. The summed E-state index contributed by atoms with van der Waals surface area (Å²) in [4.78, 5) is 4.78. The van der Waals surface area contributed by atoms with Gasteiger partial charge in [0.1, 0.15) is 4.90 Å². The summed E-state index contributed by atoms with van der Waals surface area (Å²) < 4.78 is 31.4. The number of hydrogen-bond donors (Lipinski definition) is 0. The highest BCUT2D eigenvalue weighted by Crippen LogP contribution is 2.30. The quantitative estimate of drug-likeness (QED) is 0.277. The van der Waals surface area contributed by atoms with E-state index in [1.165, 1.54) is 0 Å². The summed E-state index contributed by atoms with van der Waals surface area (Å²) in [6, 6.07) is 23.8. The molecule has 0 unspecified atom stereocenters. The Morgan fingerprint density at radius 1 is 0.806 bits per heavy atom. The number of hydrogen-bond acceptors (Lipinski definition) is 4. The van der Waals surface area contributed by atoms with E-state index in [0.29, 0.717) is 5.56 Å². The zero-order chi connectivity index (χ0) is 22.0. The Hall–Kier alpha value is -3.44. The molecule has 0 aliphatic carbocycles. The van der Waals surface area contributed by atoms with Crippen LogP contribution in [0.25, 0.3) is 10.8 Å². The second kappa shape index (κ2) is 8.36. The standard InChI is InChI=1S/C26H23NO3S/c1-18-11-14-22(15-12-18)31(28,29)30-26-16-13-21-8-4-5-9-23(21)24(26)17-27-25-10-6-7-19(2)20(25)3/h4-17H,1-3H3. The Morgan fingerprint density at radius 3 is 2.32 bits per heavy atom. The van der Waals surface area contributed by atoms with Crippen LogP contribution in [0.4, 0.5) is 5.69 Å². The van der Waals surface area contributed by atoms with Gasteiger partial charge in [-0.1, -0.05) is 60.2 Å². The molecule has 4 aromatic carbocycles. The van der Waals surface area contributed by atoms with Gasteiger partial charge < -0.3 is 4.18 Å². The summed E-state index contributed by atoms with van der Waals surface area (Å²) >= 11 is 0. The fourth-order valence-corrected chi connectivity index (χ4v) is 4.31. The molecular formula is C26H23NO3S. The summed E-state index contributed by atoms with van der Waals surface area (Å²) in [7, 11) is -3.98. The first-order valence-corrected chi connectivity index (χ1v) is 11.4. The van der Waals surface area contributed by atoms with Crippen molar-refractivity contribution in [2.24, 2.45) is 4.99 Å². The largest absolute Gasteiger partial charge is 0.378 e. The molecule has 31 heavy (non-hydrogen) atoms. The van der Waals surface area contributed by atoms with Gasteiger partial charge in [-0.2, -0.15) is 8.42 Å². The molecule has 4 aromatic rings. The maximum absolute atomic E-state index is 12.9. The van der Waals surface area contributed by atoms with Gasteiger partial charge in [-0.3, -0.25) is 4.99 Å². The summed E-state index contributed by atoms with van der Waals surface area (Å²) in [6.45, 7) is 5.96. The Morgan fingerprint density at radius 2 is 1.55 bits per heavy atom. The van der Waals surface area contributed by atoms with Gasteiger partial charge in [0, 0.05) is 11.8 Å². The second-order valence-electron chi connectivity index (χ2n) is 7.53. The maximum atomic E-state index is 12.9. The molecule has 0 spiro atoms. The molecule has 0 radical (unpaired) electrons. The predicted molar refractivity (Wildman–Crippen MR) is 126 cm³/mol. The van der Waals surface area contributed by atoms with Crippen LogP contribution in [0.3, 0.4) is 0 Å². The Kier molecular flexibility index (Phi) is 5.61. The van der Waals surface area contributed by atoms with Crippen LogP contribution < -0.4 is 4.18 Å². The molecule has 156 valence electrons. The molecular weight excluding hydrogens is 406 g/mol. The number of aliphatic imine (C=N–C) groups is 1. The van der Waals surface area contributed by atoms with Crippen molar-refractivity contribution < 1.29 is 12.6 Å². The van der Waals surface area contributed by atoms with Crippen LogP contribution in [0.15, 0.2) is 88.8 Å². The van der Waals surface area contributed by atoms with Crippen molar-refractivity contribution in [3.63, 3.8) is 0 Å². The molecule has 0 fully saturated rings. The van der Waals surface area contributed by atoms with Crippen molar-refractivity contribution in [3.8, 4) is 5.75 Å². The van der Waals surface area contributed by atoms with Crippen LogP contribution in [0.2, 0.25) is 0 Å². The maximum Gasteiger partial charge on any atom is 0.339 e. The summed E-state index contributed by atoms with van der Waals surface area (Å²) in [5.41, 5.74) is 4.65. The van der Waals surface area contributed by atoms with Gasteiger partial charge >= 0.3 is 10.1 Å². The van der Waals surface area contributed by atoms with Crippen molar-refractivity contribution in [1.29, 1.82) is 0 Å². The Labute approximate surface area is 183 Å². The van der Waals surface area contributed by atoms with Crippen molar-refractivity contribution in [2.45, 2.75) is 25.7 Å². The van der Waals surface area contributed by atoms with Crippen molar-refractivity contribution in [3.05, 3.63) is 101 Å². The molecule has 0 heterocycles. The van der Waals surface area contributed by atoms with E-state index in [-0.39, 0.29) is 10.6 Å². The fourth-order valence-electron chi connectivity index (χ4n) is 3.36. The summed E-state index contributed by atoms with van der Waals surface area (Å²) in [5.74, 6) is 0.244.